The van der Waals surface area contributed by atoms with E-state index in [2.05, 4.69) is 37.1 Å². The van der Waals surface area contributed by atoms with Gasteiger partial charge in [-0.2, -0.15) is 5.10 Å². The van der Waals surface area contributed by atoms with E-state index in [0.29, 0.717) is 54.0 Å². The van der Waals surface area contributed by atoms with E-state index in [1.807, 2.05) is 43.6 Å². The summed E-state index contributed by atoms with van der Waals surface area (Å²) in [6.45, 7) is 0.893. The van der Waals surface area contributed by atoms with Crippen molar-refractivity contribution in [1.82, 2.24) is 25.1 Å². The van der Waals surface area contributed by atoms with Gasteiger partial charge in [-0.3, -0.25) is 9.48 Å². The summed E-state index contributed by atoms with van der Waals surface area (Å²) < 4.78 is 13.5. The highest BCUT2D eigenvalue weighted by Crippen LogP contribution is 2.39. The SMILES string of the molecule is CNC(=O)c1cnc2cc1Nc1cc(cc(-c3ccn(C)n3)c1OC)CCOCc1cccc(n1)N2. The lowest BCUT2D eigenvalue weighted by molar-refractivity contribution is 0.0963. The molecule has 0 unspecified atom stereocenters. The minimum atomic E-state index is -0.261. The van der Waals surface area contributed by atoms with Crippen molar-refractivity contribution in [2.75, 3.05) is 31.4 Å². The summed E-state index contributed by atoms with van der Waals surface area (Å²) >= 11 is 0. The Morgan fingerprint density at radius 2 is 2.03 bits per heavy atom. The summed E-state index contributed by atoms with van der Waals surface area (Å²) in [7, 11) is 5.08. The Bertz CT molecular complexity index is 1420. The zero-order chi connectivity index (χ0) is 25.1. The first-order chi connectivity index (χ1) is 17.5. The van der Waals surface area contributed by atoms with Gasteiger partial charge in [-0.1, -0.05) is 6.07 Å². The molecule has 0 fully saturated rings. The number of nitrogens with one attached hydrogen (secondary N) is 3. The van der Waals surface area contributed by atoms with Crippen molar-refractivity contribution in [3.05, 3.63) is 71.7 Å². The van der Waals surface area contributed by atoms with E-state index in [1.54, 1.807) is 24.9 Å². The number of ether oxygens (including phenoxy) is 2. The van der Waals surface area contributed by atoms with Crippen LogP contribution in [0, 0.1) is 0 Å². The molecular weight excluding hydrogens is 458 g/mol. The molecule has 184 valence electrons. The van der Waals surface area contributed by atoms with Crippen molar-refractivity contribution in [1.29, 1.82) is 0 Å². The van der Waals surface area contributed by atoms with Crippen LogP contribution in [-0.2, 0) is 24.8 Å². The van der Waals surface area contributed by atoms with Crippen LogP contribution in [0.1, 0.15) is 21.6 Å². The summed E-state index contributed by atoms with van der Waals surface area (Å²) in [5, 5.41) is 13.9. The molecule has 1 amide bonds. The number of methoxy groups -OCH3 is 1. The van der Waals surface area contributed by atoms with Crippen LogP contribution in [0.25, 0.3) is 11.3 Å². The Balaban J connectivity index is 1.67. The quantitative estimate of drug-likeness (QED) is 0.401. The first kappa shape index (κ1) is 23.3. The monoisotopic (exact) mass is 485 g/mol. The molecule has 1 aliphatic rings. The van der Waals surface area contributed by atoms with Crippen molar-refractivity contribution in [3.8, 4) is 17.0 Å². The first-order valence-electron chi connectivity index (χ1n) is 11.5. The third kappa shape index (κ3) is 4.84. The molecule has 0 atom stereocenters. The topological polar surface area (TPSA) is 115 Å². The van der Waals surface area contributed by atoms with E-state index in [1.165, 1.54) is 6.20 Å². The van der Waals surface area contributed by atoms with Crippen molar-refractivity contribution in [2.45, 2.75) is 13.0 Å². The smallest absolute Gasteiger partial charge is 0.254 e. The molecule has 3 aromatic heterocycles. The molecule has 5 rings (SSSR count). The number of amides is 1. The van der Waals surface area contributed by atoms with Gasteiger partial charge in [-0.25, -0.2) is 9.97 Å². The van der Waals surface area contributed by atoms with Gasteiger partial charge in [-0.15, -0.1) is 0 Å². The minimum absolute atomic E-state index is 0.261. The van der Waals surface area contributed by atoms with Crippen LogP contribution < -0.4 is 20.7 Å². The third-order valence-corrected chi connectivity index (χ3v) is 5.84. The van der Waals surface area contributed by atoms with Crippen LogP contribution in [0.3, 0.4) is 0 Å². The normalized spacial score (nSPS) is 13.0. The molecule has 0 spiro atoms. The Morgan fingerprint density at radius 1 is 1.14 bits per heavy atom. The molecule has 1 aliphatic heterocycles. The van der Waals surface area contributed by atoms with Crippen molar-refractivity contribution >= 4 is 28.9 Å². The van der Waals surface area contributed by atoms with Crippen molar-refractivity contribution in [2.24, 2.45) is 7.05 Å². The molecule has 4 aromatic rings. The number of carbonyl (C=O) groups excluding carboxylic acids is 1. The zero-order valence-electron chi connectivity index (χ0n) is 20.3. The maximum Gasteiger partial charge on any atom is 0.254 e. The Hall–Kier alpha value is -4.44. The molecular formula is C26H27N7O3. The van der Waals surface area contributed by atoms with Crippen LogP contribution in [-0.4, -0.2) is 46.4 Å². The fourth-order valence-electron chi connectivity index (χ4n) is 4.11. The summed E-state index contributed by atoms with van der Waals surface area (Å²) in [6, 6.07) is 13.5. The molecule has 0 aliphatic carbocycles. The van der Waals surface area contributed by atoms with Gasteiger partial charge in [0, 0.05) is 38.1 Å². The first-order valence-corrected chi connectivity index (χ1v) is 11.5. The molecule has 10 nitrogen and oxygen atoms in total. The largest absolute Gasteiger partial charge is 0.494 e. The number of rotatable bonds is 3. The minimum Gasteiger partial charge on any atom is -0.494 e. The molecule has 4 heterocycles. The highest BCUT2D eigenvalue weighted by molar-refractivity contribution is 6.00. The fourth-order valence-corrected chi connectivity index (χ4v) is 4.11. The van der Waals surface area contributed by atoms with Gasteiger partial charge < -0.3 is 25.4 Å². The standard InChI is InChI=1S/C26H27N7O3/c1-27-26(34)19-14-28-24-13-21(19)30-22-12-16(8-10-36-15-17-5-4-6-23(29-17)31-24)11-18(25(22)35-3)20-7-9-33(2)32-20/h4-7,9,11-14,30H,8,10,15H2,1-3H3,(H,27,34)(H,28,29,31). The third-order valence-electron chi connectivity index (χ3n) is 5.84. The fraction of sp³-hybridized carbons (Fsp3) is 0.231. The van der Waals surface area contributed by atoms with Gasteiger partial charge in [0.25, 0.3) is 5.91 Å². The van der Waals surface area contributed by atoms with Gasteiger partial charge in [-0.05, 0) is 42.3 Å². The molecule has 10 heteroatoms. The number of pyridine rings is 2. The van der Waals surface area contributed by atoms with E-state index in [-0.39, 0.29) is 5.91 Å². The number of carbonyl (C=O) groups is 1. The number of aromatic nitrogens is 4. The maximum atomic E-state index is 12.7. The molecule has 0 saturated carbocycles. The van der Waals surface area contributed by atoms with Gasteiger partial charge in [0.05, 0.1) is 48.6 Å². The molecule has 36 heavy (non-hydrogen) atoms. The lowest BCUT2D eigenvalue weighted by atomic mass is 10.0. The Labute approximate surface area is 208 Å². The number of anilines is 4. The average molecular weight is 486 g/mol. The van der Waals surface area contributed by atoms with Gasteiger partial charge in [0.15, 0.2) is 5.75 Å². The van der Waals surface area contributed by atoms with Gasteiger partial charge in [0.1, 0.15) is 11.6 Å². The number of benzene rings is 1. The van der Waals surface area contributed by atoms with E-state index < -0.39 is 0 Å². The number of fused-ring (bicyclic) bond motifs is 6. The van der Waals surface area contributed by atoms with Crippen LogP contribution >= 0.6 is 0 Å². The number of hydrogen-bond acceptors (Lipinski definition) is 8. The van der Waals surface area contributed by atoms with Crippen LogP contribution in [0.4, 0.5) is 23.0 Å². The van der Waals surface area contributed by atoms with Crippen LogP contribution in [0.5, 0.6) is 5.75 Å². The second kappa shape index (κ2) is 10.0. The second-order valence-corrected chi connectivity index (χ2v) is 8.36. The van der Waals surface area contributed by atoms with E-state index in [9.17, 15) is 4.79 Å². The van der Waals surface area contributed by atoms with E-state index in [0.717, 1.165) is 22.5 Å². The molecule has 6 bridgehead atoms. The molecule has 0 radical (unpaired) electrons. The van der Waals surface area contributed by atoms with Gasteiger partial charge in [0.2, 0.25) is 0 Å². The predicted molar refractivity (Wildman–Crippen MR) is 137 cm³/mol. The van der Waals surface area contributed by atoms with Crippen LogP contribution in [0.2, 0.25) is 0 Å². The van der Waals surface area contributed by atoms with E-state index >= 15 is 0 Å². The lowest BCUT2D eigenvalue weighted by Crippen LogP contribution is -2.19. The Kier molecular flexibility index (Phi) is 6.50. The second-order valence-electron chi connectivity index (χ2n) is 8.36. The van der Waals surface area contributed by atoms with Crippen molar-refractivity contribution in [3.63, 3.8) is 0 Å². The van der Waals surface area contributed by atoms with E-state index in [4.69, 9.17) is 9.47 Å². The summed E-state index contributed by atoms with van der Waals surface area (Å²) in [5.41, 5.74) is 5.11. The molecule has 1 aromatic carbocycles. The number of aryl methyl sites for hydroxylation is 1. The number of hydrogen-bond donors (Lipinski definition) is 3. The Morgan fingerprint density at radius 3 is 2.81 bits per heavy atom. The van der Waals surface area contributed by atoms with Crippen molar-refractivity contribution < 1.29 is 14.3 Å². The highest BCUT2D eigenvalue weighted by atomic mass is 16.5. The average Bonchev–Trinajstić information content (AvgIpc) is 3.32. The summed E-state index contributed by atoms with van der Waals surface area (Å²) in [6.07, 6.45) is 4.09. The molecule has 3 N–H and O–H groups in total. The maximum absolute atomic E-state index is 12.7. The number of nitrogens with zero attached hydrogens (tertiary/aromatic N) is 4. The van der Waals surface area contributed by atoms with Crippen LogP contribution in [0.15, 0.2) is 54.9 Å². The van der Waals surface area contributed by atoms with Gasteiger partial charge >= 0.3 is 0 Å². The summed E-state index contributed by atoms with van der Waals surface area (Å²) in [4.78, 5) is 21.7. The predicted octanol–water partition coefficient (Wildman–Crippen LogP) is 3.81. The highest BCUT2D eigenvalue weighted by Gasteiger charge is 2.19. The molecule has 0 saturated heterocycles. The lowest BCUT2D eigenvalue weighted by Gasteiger charge is -2.18. The zero-order valence-corrected chi connectivity index (χ0v) is 20.3. The summed E-state index contributed by atoms with van der Waals surface area (Å²) in [5.74, 6) is 1.52.